The highest BCUT2D eigenvalue weighted by Crippen LogP contribution is 2.29. The van der Waals surface area contributed by atoms with Crippen LogP contribution in [0.15, 0.2) is 36.4 Å². The molecule has 0 spiro atoms. The third-order valence-corrected chi connectivity index (χ3v) is 3.45. The molecule has 0 N–H and O–H groups in total. The molecule has 0 aromatic heterocycles. The van der Waals surface area contributed by atoms with Crippen LogP contribution in [-0.2, 0) is 0 Å². The molecular formula is C18H21N2O3+. The quantitative estimate of drug-likeness (QED) is 0.729. The summed E-state index contributed by atoms with van der Waals surface area (Å²) in [5.74, 6) is 2.29. The fourth-order valence-electron chi connectivity index (χ4n) is 2.29. The Morgan fingerprint density at radius 1 is 1.00 bits per heavy atom. The van der Waals surface area contributed by atoms with Crippen LogP contribution < -0.4 is 14.2 Å². The van der Waals surface area contributed by atoms with Gasteiger partial charge < -0.3 is 14.2 Å². The number of methoxy groups -OCH3 is 1. The van der Waals surface area contributed by atoms with Gasteiger partial charge in [-0.1, -0.05) is 0 Å². The lowest BCUT2D eigenvalue weighted by molar-refractivity contribution is 0.143. The highest BCUT2D eigenvalue weighted by molar-refractivity contribution is 5.59. The number of hydrogen-bond donors (Lipinski definition) is 0. The van der Waals surface area contributed by atoms with Gasteiger partial charge >= 0.3 is 5.69 Å². The number of benzene rings is 2. The molecule has 5 nitrogen and oxygen atoms in total. The molecule has 0 aliphatic heterocycles. The minimum absolute atomic E-state index is 0.118. The Morgan fingerprint density at radius 2 is 1.57 bits per heavy atom. The first-order valence-electron chi connectivity index (χ1n) is 7.43. The predicted octanol–water partition coefficient (Wildman–Crippen LogP) is 4.64. The van der Waals surface area contributed by atoms with Crippen LogP contribution in [0.25, 0.3) is 4.98 Å². The number of aryl methyl sites for hydroxylation is 2. The molecule has 0 aliphatic rings. The molecule has 0 bridgehead atoms. The number of ether oxygens (including phenoxy) is 3. The van der Waals surface area contributed by atoms with Gasteiger partial charge in [0.1, 0.15) is 30.0 Å². The second-order valence-electron chi connectivity index (χ2n) is 5.42. The highest BCUT2D eigenvalue weighted by Gasteiger charge is 2.17. The van der Waals surface area contributed by atoms with Crippen molar-refractivity contribution in [1.82, 2.24) is 0 Å². The summed E-state index contributed by atoms with van der Waals surface area (Å²) in [4.78, 5) is 3.29. The van der Waals surface area contributed by atoms with Gasteiger partial charge in [-0.15, -0.1) is 0 Å². The maximum absolute atomic E-state index is 8.97. The van der Waals surface area contributed by atoms with Gasteiger partial charge in [-0.3, -0.25) is 0 Å². The summed E-state index contributed by atoms with van der Waals surface area (Å²) in [5, 5.41) is 8.97. The maximum Gasteiger partial charge on any atom is 0.391 e. The van der Waals surface area contributed by atoms with Crippen LogP contribution in [0.1, 0.15) is 18.1 Å². The van der Waals surface area contributed by atoms with Crippen LogP contribution in [0.2, 0.25) is 0 Å². The van der Waals surface area contributed by atoms with Gasteiger partial charge in [0.05, 0.1) is 7.11 Å². The lowest BCUT2D eigenvalue weighted by atomic mass is 10.1. The Hall–Kier alpha value is -2.74. The van der Waals surface area contributed by atoms with E-state index >= 15 is 0 Å². The average molecular weight is 313 g/mol. The molecule has 0 radical (unpaired) electrons. The minimum atomic E-state index is -0.118. The number of diazo groups is 1. The molecule has 1 atom stereocenters. The topological polar surface area (TPSA) is 55.8 Å². The van der Waals surface area contributed by atoms with E-state index in [0.717, 1.165) is 28.4 Å². The van der Waals surface area contributed by atoms with Crippen molar-refractivity contribution >= 4 is 5.69 Å². The van der Waals surface area contributed by atoms with E-state index in [0.29, 0.717) is 12.3 Å². The SMILES string of the molecule is COc1ccc(OCC(C)Oc2cc(C)c([N+]#N)c(C)c2)cc1. The van der Waals surface area contributed by atoms with Crippen LogP contribution >= 0.6 is 0 Å². The van der Waals surface area contributed by atoms with Crippen molar-refractivity contribution in [3.8, 4) is 17.2 Å². The summed E-state index contributed by atoms with van der Waals surface area (Å²) in [6.07, 6.45) is -0.118. The molecule has 2 rings (SSSR count). The second kappa shape index (κ2) is 7.50. The van der Waals surface area contributed by atoms with Gasteiger partial charge in [0.15, 0.2) is 4.98 Å². The summed E-state index contributed by atoms with van der Waals surface area (Å²) in [7, 11) is 1.63. The lowest BCUT2D eigenvalue weighted by Gasteiger charge is -2.16. The first-order chi connectivity index (χ1) is 11.0. The molecular weight excluding hydrogens is 292 g/mol. The zero-order valence-corrected chi connectivity index (χ0v) is 13.9. The molecule has 2 aromatic carbocycles. The summed E-state index contributed by atoms with van der Waals surface area (Å²) in [6, 6.07) is 11.1. The van der Waals surface area contributed by atoms with Crippen molar-refractivity contribution in [1.29, 1.82) is 5.39 Å². The molecule has 120 valence electrons. The Labute approximate surface area is 136 Å². The molecule has 0 amide bonds. The maximum atomic E-state index is 8.97. The van der Waals surface area contributed by atoms with E-state index in [1.54, 1.807) is 7.11 Å². The molecule has 0 heterocycles. The van der Waals surface area contributed by atoms with Crippen LogP contribution in [-0.4, -0.2) is 19.8 Å². The monoisotopic (exact) mass is 313 g/mol. The minimum Gasteiger partial charge on any atom is -0.497 e. The summed E-state index contributed by atoms with van der Waals surface area (Å²) in [6.45, 7) is 6.13. The third kappa shape index (κ3) is 4.36. The van der Waals surface area contributed by atoms with Gasteiger partial charge in [-0.2, -0.15) is 0 Å². The average Bonchev–Trinajstić information content (AvgIpc) is 2.53. The van der Waals surface area contributed by atoms with E-state index < -0.39 is 0 Å². The smallest absolute Gasteiger partial charge is 0.391 e. The van der Waals surface area contributed by atoms with Gasteiger partial charge in [0, 0.05) is 11.1 Å². The zero-order valence-electron chi connectivity index (χ0n) is 13.9. The van der Waals surface area contributed by atoms with Crippen LogP contribution in [0, 0.1) is 19.2 Å². The lowest BCUT2D eigenvalue weighted by Crippen LogP contribution is -2.21. The fraction of sp³-hybridized carbons (Fsp3) is 0.333. The summed E-state index contributed by atoms with van der Waals surface area (Å²) >= 11 is 0. The first kappa shape index (κ1) is 16.6. The Bertz CT molecular complexity index is 682. The number of hydrogen-bond acceptors (Lipinski definition) is 4. The largest absolute Gasteiger partial charge is 0.497 e. The normalized spacial score (nSPS) is 11.4. The van der Waals surface area contributed by atoms with E-state index in [1.807, 2.05) is 57.2 Å². The molecule has 1 unspecified atom stereocenters. The van der Waals surface area contributed by atoms with E-state index in [4.69, 9.17) is 19.6 Å². The fourth-order valence-corrected chi connectivity index (χ4v) is 2.29. The van der Waals surface area contributed by atoms with E-state index in [1.165, 1.54) is 0 Å². The first-order valence-corrected chi connectivity index (χ1v) is 7.43. The summed E-state index contributed by atoms with van der Waals surface area (Å²) in [5.41, 5.74) is 2.32. The van der Waals surface area contributed by atoms with E-state index in [2.05, 4.69) is 4.98 Å². The zero-order chi connectivity index (χ0) is 16.8. The Balaban J connectivity index is 1.94. The van der Waals surface area contributed by atoms with E-state index in [-0.39, 0.29) is 6.10 Å². The number of nitrogens with zero attached hydrogens (tertiary/aromatic N) is 2. The van der Waals surface area contributed by atoms with Crippen LogP contribution in [0.3, 0.4) is 0 Å². The molecule has 5 heteroatoms. The van der Waals surface area contributed by atoms with Gasteiger partial charge in [0.25, 0.3) is 0 Å². The van der Waals surface area contributed by atoms with Gasteiger partial charge in [0.2, 0.25) is 5.39 Å². The number of rotatable bonds is 6. The van der Waals surface area contributed by atoms with Crippen molar-refractivity contribution in [2.75, 3.05) is 13.7 Å². The van der Waals surface area contributed by atoms with Gasteiger partial charge in [-0.25, -0.2) is 0 Å². The van der Waals surface area contributed by atoms with Crippen LogP contribution in [0.5, 0.6) is 17.2 Å². The Kier molecular flexibility index (Phi) is 5.42. The van der Waals surface area contributed by atoms with Crippen molar-refractivity contribution in [2.45, 2.75) is 26.9 Å². The molecule has 0 saturated carbocycles. The third-order valence-electron chi connectivity index (χ3n) is 3.45. The van der Waals surface area contributed by atoms with Crippen molar-refractivity contribution in [3.63, 3.8) is 0 Å². The molecule has 23 heavy (non-hydrogen) atoms. The van der Waals surface area contributed by atoms with Crippen molar-refractivity contribution in [3.05, 3.63) is 52.5 Å². The van der Waals surface area contributed by atoms with Crippen LogP contribution in [0.4, 0.5) is 5.69 Å². The molecule has 2 aromatic rings. The standard InChI is InChI=1S/C18H21N2O3/c1-12-9-17(10-13(2)18(12)20-19)23-14(3)11-22-16-7-5-15(21-4)6-8-16/h5-10,14H,11H2,1-4H3/q+1. The second-order valence-corrected chi connectivity index (χ2v) is 5.42. The highest BCUT2D eigenvalue weighted by atomic mass is 16.5. The molecule has 0 aliphatic carbocycles. The van der Waals surface area contributed by atoms with Crippen molar-refractivity contribution < 1.29 is 14.2 Å². The Morgan fingerprint density at radius 3 is 2.09 bits per heavy atom. The molecule has 0 saturated heterocycles. The van der Waals surface area contributed by atoms with E-state index in [9.17, 15) is 0 Å². The summed E-state index contributed by atoms with van der Waals surface area (Å²) < 4.78 is 16.7. The molecule has 0 fully saturated rings. The van der Waals surface area contributed by atoms with Gasteiger partial charge in [-0.05, 0) is 57.2 Å². The predicted molar refractivity (Wildman–Crippen MR) is 89.2 cm³/mol. The van der Waals surface area contributed by atoms with Crippen molar-refractivity contribution in [2.24, 2.45) is 0 Å².